The van der Waals surface area contributed by atoms with Crippen molar-refractivity contribution in [2.24, 2.45) is 11.8 Å². The van der Waals surface area contributed by atoms with E-state index in [1.165, 1.54) is 25.7 Å². The lowest BCUT2D eigenvalue weighted by Gasteiger charge is -2.41. The van der Waals surface area contributed by atoms with Crippen LogP contribution >= 0.6 is 0 Å². The summed E-state index contributed by atoms with van der Waals surface area (Å²) in [6, 6.07) is 0. The van der Waals surface area contributed by atoms with Crippen LogP contribution in [0.4, 0.5) is 0 Å². The smallest absolute Gasteiger partial charge is 0.340 e. The average molecular weight is 346 g/mol. The van der Waals surface area contributed by atoms with Gasteiger partial charge >= 0.3 is 5.97 Å². The van der Waals surface area contributed by atoms with Crippen molar-refractivity contribution < 1.29 is 14.3 Å². The van der Waals surface area contributed by atoms with E-state index in [1.54, 1.807) is 0 Å². The van der Waals surface area contributed by atoms with E-state index in [1.807, 2.05) is 32.6 Å². The van der Waals surface area contributed by atoms with Gasteiger partial charge < -0.3 is 14.6 Å². The van der Waals surface area contributed by atoms with Crippen molar-refractivity contribution in [1.82, 2.24) is 9.88 Å². The second-order valence-corrected chi connectivity index (χ2v) is 7.92. The third-order valence-electron chi connectivity index (χ3n) is 5.78. The van der Waals surface area contributed by atoms with Gasteiger partial charge in [-0.3, -0.25) is 4.79 Å². The van der Waals surface area contributed by atoms with Crippen molar-refractivity contribution in [3.63, 3.8) is 0 Å². The van der Waals surface area contributed by atoms with Gasteiger partial charge in [0.05, 0.1) is 11.7 Å². The molecule has 1 aromatic heterocycles. The highest BCUT2D eigenvalue weighted by atomic mass is 16.5. The molecule has 1 saturated carbocycles. The number of amides is 1. The molecule has 138 valence electrons. The van der Waals surface area contributed by atoms with E-state index in [-0.39, 0.29) is 18.0 Å². The van der Waals surface area contributed by atoms with E-state index < -0.39 is 0 Å². The van der Waals surface area contributed by atoms with Crippen LogP contribution in [0.15, 0.2) is 0 Å². The fourth-order valence-corrected chi connectivity index (χ4v) is 4.49. The number of carbonyl (C=O) groups is 2. The monoisotopic (exact) mass is 346 g/mol. The normalized spacial score (nSPS) is 23.5. The molecule has 3 rings (SSSR count). The molecule has 0 spiro atoms. The lowest BCUT2D eigenvalue weighted by molar-refractivity contribution is 0.0376. The molecule has 2 heterocycles. The van der Waals surface area contributed by atoms with Crippen LogP contribution in [0.5, 0.6) is 0 Å². The van der Waals surface area contributed by atoms with E-state index in [2.05, 4.69) is 4.98 Å². The number of H-pyrrole nitrogens is 1. The molecule has 1 aliphatic heterocycles. The predicted molar refractivity (Wildman–Crippen MR) is 96.8 cm³/mol. The zero-order chi connectivity index (χ0) is 18.1. The molecule has 25 heavy (non-hydrogen) atoms. The van der Waals surface area contributed by atoms with Crippen LogP contribution in [-0.4, -0.2) is 41.0 Å². The number of aromatic amines is 1. The van der Waals surface area contributed by atoms with Gasteiger partial charge in [0, 0.05) is 18.8 Å². The van der Waals surface area contributed by atoms with E-state index in [0.29, 0.717) is 28.4 Å². The van der Waals surface area contributed by atoms with Crippen LogP contribution < -0.4 is 0 Å². The second kappa shape index (κ2) is 7.22. The maximum atomic E-state index is 13.0. The van der Waals surface area contributed by atoms with Crippen molar-refractivity contribution in [1.29, 1.82) is 0 Å². The summed E-state index contributed by atoms with van der Waals surface area (Å²) in [5.74, 6) is 1.11. The number of ether oxygens (including phenoxy) is 1. The molecule has 1 aliphatic carbocycles. The van der Waals surface area contributed by atoms with Gasteiger partial charge in [0.25, 0.3) is 5.91 Å². The lowest BCUT2D eigenvalue weighted by atomic mass is 9.75. The predicted octanol–water partition coefficient (Wildman–Crippen LogP) is 3.85. The molecule has 5 nitrogen and oxygen atoms in total. The van der Waals surface area contributed by atoms with Crippen molar-refractivity contribution >= 4 is 11.9 Å². The van der Waals surface area contributed by atoms with Crippen LogP contribution in [0.2, 0.25) is 0 Å². The fraction of sp³-hybridized carbons (Fsp3) is 0.700. The Hall–Kier alpha value is -1.78. The molecule has 0 aromatic carbocycles. The molecule has 5 heteroatoms. The van der Waals surface area contributed by atoms with Gasteiger partial charge in [-0.05, 0) is 57.9 Å². The van der Waals surface area contributed by atoms with E-state index >= 15 is 0 Å². The molecule has 2 aliphatic rings. The van der Waals surface area contributed by atoms with Crippen LogP contribution in [0, 0.1) is 25.7 Å². The summed E-state index contributed by atoms with van der Waals surface area (Å²) in [4.78, 5) is 30.5. The second-order valence-electron chi connectivity index (χ2n) is 7.92. The minimum absolute atomic E-state index is 0.0215. The lowest BCUT2D eigenvalue weighted by Crippen LogP contribution is -2.45. The number of piperidine rings is 1. The van der Waals surface area contributed by atoms with Crippen LogP contribution in [0.1, 0.15) is 78.1 Å². The van der Waals surface area contributed by atoms with Gasteiger partial charge in [-0.25, -0.2) is 4.79 Å². The number of hydrogen-bond acceptors (Lipinski definition) is 3. The first-order valence-corrected chi connectivity index (χ1v) is 9.58. The van der Waals surface area contributed by atoms with Crippen molar-refractivity contribution in [2.75, 3.05) is 13.1 Å². The minimum Gasteiger partial charge on any atom is -0.459 e. The third-order valence-corrected chi connectivity index (χ3v) is 5.78. The number of hydrogen-bond donors (Lipinski definition) is 1. The number of rotatable bonds is 3. The molecular formula is C20H30N2O3. The standard InChI is InChI=1S/C20H30N2O3/c1-12(2)25-20(24)17-13(3)18(21-14(17)4)19(23)22-10-9-15-7-5-6-8-16(15)11-22/h12,15-16,21H,5-11H2,1-4H3/t15-,16+/m0/s1. The number of aryl methyl sites for hydroxylation is 1. The highest BCUT2D eigenvalue weighted by Gasteiger charge is 2.34. The van der Waals surface area contributed by atoms with Crippen LogP contribution in [0.25, 0.3) is 0 Å². The van der Waals surface area contributed by atoms with Gasteiger partial charge in [-0.1, -0.05) is 19.3 Å². The summed E-state index contributed by atoms with van der Waals surface area (Å²) in [5, 5.41) is 0. The molecule has 2 fully saturated rings. The number of nitrogens with one attached hydrogen (secondary N) is 1. The van der Waals surface area contributed by atoms with E-state index in [9.17, 15) is 9.59 Å². The summed E-state index contributed by atoms with van der Waals surface area (Å²) >= 11 is 0. The Bertz CT molecular complexity index is 662. The molecule has 0 bridgehead atoms. The van der Waals surface area contributed by atoms with Gasteiger partial charge in [0.15, 0.2) is 0 Å². The topological polar surface area (TPSA) is 62.4 Å². The maximum Gasteiger partial charge on any atom is 0.340 e. The van der Waals surface area contributed by atoms with Crippen molar-refractivity contribution in [2.45, 2.75) is 65.9 Å². The number of esters is 1. The number of aromatic nitrogens is 1. The molecule has 1 amide bonds. The van der Waals surface area contributed by atoms with Crippen LogP contribution in [-0.2, 0) is 4.74 Å². The highest BCUT2D eigenvalue weighted by molar-refractivity contribution is 6.00. The molecule has 1 saturated heterocycles. The molecule has 0 unspecified atom stereocenters. The van der Waals surface area contributed by atoms with Crippen molar-refractivity contribution in [3.8, 4) is 0 Å². The van der Waals surface area contributed by atoms with Gasteiger partial charge in [0.2, 0.25) is 0 Å². The first kappa shape index (κ1) is 18.0. The quantitative estimate of drug-likeness (QED) is 0.846. The summed E-state index contributed by atoms with van der Waals surface area (Å²) in [6.07, 6.45) is 6.12. The maximum absolute atomic E-state index is 13.0. The Balaban J connectivity index is 1.77. The Morgan fingerprint density at radius 2 is 1.80 bits per heavy atom. The molecule has 1 aromatic rings. The largest absolute Gasteiger partial charge is 0.459 e. The average Bonchev–Trinajstić information content (AvgIpc) is 2.87. The highest BCUT2D eigenvalue weighted by Crippen LogP contribution is 2.36. The minimum atomic E-state index is -0.355. The zero-order valence-electron chi connectivity index (χ0n) is 15.9. The Morgan fingerprint density at radius 3 is 2.48 bits per heavy atom. The summed E-state index contributed by atoms with van der Waals surface area (Å²) in [6.45, 7) is 9.00. The molecular weight excluding hydrogens is 316 g/mol. The van der Waals surface area contributed by atoms with E-state index in [4.69, 9.17) is 4.74 Å². The Kier molecular flexibility index (Phi) is 5.21. The summed E-state index contributed by atoms with van der Waals surface area (Å²) in [5.41, 5.74) is 2.46. The van der Waals surface area contributed by atoms with Gasteiger partial charge in [0.1, 0.15) is 5.69 Å². The Labute approximate surface area is 150 Å². The van der Waals surface area contributed by atoms with Crippen LogP contribution in [0.3, 0.4) is 0 Å². The fourth-order valence-electron chi connectivity index (χ4n) is 4.49. The van der Waals surface area contributed by atoms with Gasteiger partial charge in [-0.2, -0.15) is 0 Å². The molecule has 1 N–H and O–H groups in total. The zero-order valence-corrected chi connectivity index (χ0v) is 15.9. The van der Waals surface area contributed by atoms with Crippen molar-refractivity contribution in [3.05, 3.63) is 22.5 Å². The molecule has 2 atom stereocenters. The first-order valence-electron chi connectivity index (χ1n) is 9.58. The number of nitrogens with zero attached hydrogens (tertiary/aromatic N) is 1. The van der Waals surface area contributed by atoms with E-state index in [0.717, 1.165) is 25.4 Å². The summed E-state index contributed by atoms with van der Waals surface area (Å²) < 4.78 is 5.32. The SMILES string of the molecule is Cc1[nH]c(C(=O)N2CC[C@@H]3CCCC[C@@H]3C2)c(C)c1C(=O)OC(C)C. The molecule has 0 radical (unpaired) electrons. The number of likely N-dealkylation sites (tertiary alicyclic amines) is 1. The number of carbonyl (C=O) groups excluding carboxylic acids is 2. The van der Waals surface area contributed by atoms with Gasteiger partial charge in [-0.15, -0.1) is 0 Å². The first-order chi connectivity index (χ1) is 11.9. The summed E-state index contributed by atoms with van der Waals surface area (Å²) in [7, 11) is 0. The Morgan fingerprint density at radius 1 is 1.12 bits per heavy atom. The number of fused-ring (bicyclic) bond motifs is 1. The third kappa shape index (κ3) is 3.60.